The molecule has 0 radical (unpaired) electrons. The summed E-state index contributed by atoms with van der Waals surface area (Å²) in [6.07, 6.45) is 2.52. The van der Waals surface area contributed by atoms with Gasteiger partial charge in [0.2, 0.25) is 11.8 Å². The third kappa shape index (κ3) is 5.81. The quantitative estimate of drug-likeness (QED) is 0.778. The van der Waals surface area contributed by atoms with Gasteiger partial charge in [-0.15, -0.1) is 12.4 Å². The van der Waals surface area contributed by atoms with E-state index in [-0.39, 0.29) is 36.8 Å². The number of nitrogens with one attached hydrogen (secondary N) is 2. The molecule has 2 rings (SSSR count). The SMILES string of the molecule is CCN(CC(=O)Nc1c(Cl)cccc1Cl)C(=O)CC1CCCN1.Cl. The molecule has 1 heterocycles. The molecule has 1 aliphatic heterocycles. The van der Waals surface area contributed by atoms with E-state index in [2.05, 4.69) is 10.6 Å². The first-order chi connectivity index (χ1) is 11.0. The molecular weight excluding hydrogens is 373 g/mol. The largest absolute Gasteiger partial charge is 0.334 e. The Kier molecular flexibility index (Phi) is 8.84. The van der Waals surface area contributed by atoms with Crippen molar-refractivity contribution in [2.45, 2.75) is 32.2 Å². The smallest absolute Gasteiger partial charge is 0.244 e. The lowest BCUT2D eigenvalue weighted by atomic mass is 10.1. The molecule has 1 aliphatic rings. The summed E-state index contributed by atoms with van der Waals surface area (Å²) in [5, 5.41) is 6.71. The molecule has 1 aromatic rings. The van der Waals surface area contributed by atoms with Gasteiger partial charge < -0.3 is 15.5 Å². The monoisotopic (exact) mass is 393 g/mol. The van der Waals surface area contributed by atoms with E-state index in [1.54, 1.807) is 23.1 Å². The Labute approximate surface area is 158 Å². The Bertz CT molecular complexity index is 557. The molecule has 24 heavy (non-hydrogen) atoms. The van der Waals surface area contributed by atoms with Crippen LogP contribution in [0.15, 0.2) is 18.2 Å². The second kappa shape index (κ2) is 10.1. The van der Waals surface area contributed by atoms with Crippen LogP contribution in [0.5, 0.6) is 0 Å². The maximum Gasteiger partial charge on any atom is 0.244 e. The summed E-state index contributed by atoms with van der Waals surface area (Å²) in [5.74, 6) is -0.332. The van der Waals surface area contributed by atoms with Gasteiger partial charge in [0, 0.05) is 19.0 Å². The zero-order valence-electron chi connectivity index (χ0n) is 13.5. The minimum atomic E-state index is -0.311. The summed E-state index contributed by atoms with van der Waals surface area (Å²) in [5.41, 5.74) is 0.377. The number of para-hydroxylation sites is 1. The average molecular weight is 395 g/mol. The summed E-state index contributed by atoms with van der Waals surface area (Å²) in [7, 11) is 0. The Morgan fingerprint density at radius 3 is 2.54 bits per heavy atom. The minimum Gasteiger partial charge on any atom is -0.334 e. The van der Waals surface area contributed by atoms with Gasteiger partial charge in [0.1, 0.15) is 0 Å². The number of carbonyl (C=O) groups excluding carboxylic acids is 2. The van der Waals surface area contributed by atoms with E-state index >= 15 is 0 Å². The van der Waals surface area contributed by atoms with Gasteiger partial charge >= 0.3 is 0 Å². The van der Waals surface area contributed by atoms with E-state index in [4.69, 9.17) is 23.2 Å². The molecule has 0 saturated carbocycles. The number of anilines is 1. The Hall–Kier alpha value is -1.01. The molecule has 1 unspecified atom stereocenters. The Morgan fingerprint density at radius 1 is 1.33 bits per heavy atom. The van der Waals surface area contributed by atoms with Crippen molar-refractivity contribution in [1.82, 2.24) is 10.2 Å². The number of halogens is 3. The molecule has 2 amide bonds. The third-order valence-electron chi connectivity index (χ3n) is 3.88. The molecule has 0 spiro atoms. The molecule has 134 valence electrons. The van der Waals surface area contributed by atoms with E-state index in [9.17, 15) is 9.59 Å². The molecule has 0 bridgehead atoms. The van der Waals surface area contributed by atoms with Gasteiger partial charge in [0.25, 0.3) is 0 Å². The number of hydrogen-bond acceptors (Lipinski definition) is 3. The van der Waals surface area contributed by atoms with E-state index in [1.807, 2.05) is 6.92 Å². The predicted octanol–water partition coefficient (Wildman–Crippen LogP) is 3.34. The molecular formula is C16H22Cl3N3O2. The van der Waals surface area contributed by atoms with Crippen molar-refractivity contribution in [3.63, 3.8) is 0 Å². The molecule has 0 aromatic heterocycles. The highest BCUT2D eigenvalue weighted by molar-refractivity contribution is 6.39. The van der Waals surface area contributed by atoms with Crippen LogP contribution in [0.25, 0.3) is 0 Å². The summed E-state index contributed by atoms with van der Waals surface area (Å²) in [4.78, 5) is 26.0. The fraction of sp³-hybridized carbons (Fsp3) is 0.500. The second-order valence-electron chi connectivity index (χ2n) is 5.55. The predicted molar refractivity (Wildman–Crippen MR) is 100 cm³/mol. The highest BCUT2D eigenvalue weighted by Gasteiger charge is 2.22. The molecule has 5 nitrogen and oxygen atoms in total. The van der Waals surface area contributed by atoms with Crippen molar-refractivity contribution >= 4 is 53.1 Å². The lowest BCUT2D eigenvalue weighted by Gasteiger charge is -2.22. The molecule has 0 aliphatic carbocycles. The molecule has 8 heteroatoms. The summed E-state index contributed by atoms with van der Waals surface area (Å²) in [6, 6.07) is 5.23. The first kappa shape index (κ1) is 21.0. The zero-order valence-corrected chi connectivity index (χ0v) is 15.8. The number of benzene rings is 1. The highest BCUT2D eigenvalue weighted by atomic mass is 35.5. The van der Waals surface area contributed by atoms with Crippen LogP contribution in [0.1, 0.15) is 26.2 Å². The fourth-order valence-electron chi connectivity index (χ4n) is 2.62. The van der Waals surface area contributed by atoms with Gasteiger partial charge in [-0.05, 0) is 38.4 Å². The highest BCUT2D eigenvalue weighted by Crippen LogP contribution is 2.29. The molecule has 2 N–H and O–H groups in total. The van der Waals surface area contributed by atoms with Crippen LogP contribution in [0.2, 0.25) is 10.0 Å². The minimum absolute atomic E-state index is 0. The van der Waals surface area contributed by atoms with Gasteiger partial charge in [-0.3, -0.25) is 9.59 Å². The van der Waals surface area contributed by atoms with Crippen LogP contribution < -0.4 is 10.6 Å². The maximum absolute atomic E-state index is 12.3. The standard InChI is InChI=1S/C16H21Cl2N3O2.ClH/c1-2-21(15(23)9-11-5-4-8-19-11)10-14(22)20-16-12(17)6-3-7-13(16)18;/h3,6-7,11,19H,2,4-5,8-10H2,1H3,(H,20,22);1H. The summed E-state index contributed by atoms with van der Waals surface area (Å²) < 4.78 is 0. The van der Waals surface area contributed by atoms with Crippen LogP contribution in [-0.4, -0.2) is 42.4 Å². The molecule has 1 saturated heterocycles. The van der Waals surface area contributed by atoms with Crippen molar-refractivity contribution in [3.8, 4) is 0 Å². The number of likely N-dealkylation sites (N-methyl/N-ethyl adjacent to an activating group) is 1. The summed E-state index contributed by atoms with van der Waals surface area (Å²) in [6.45, 7) is 3.28. The third-order valence-corrected chi connectivity index (χ3v) is 4.51. The maximum atomic E-state index is 12.3. The Morgan fingerprint density at radius 2 is 2.00 bits per heavy atom. The fourth-order valence-corrected chi connectivity index (χ4v) is 3.11. The molecule has 1 aromatic carbocycles. The first-order valence-corrected chi connectivity index (χ1v) is 8.52. The second-order valence-corrected chi connectivity index (χ2v) is 6.36. The Balaban J connectivity index is 0.00000288. The lowest BCUT2D eigenvalue weighted by molar-refractivity contribution is -0.134. The van der Waals surface area contributed by atoms with Crippen LogP contribution in [0.3, 0.4) is 0 Å². The van der Waals surface area contributed by atoms with Crippen molar-refractivity contribution in [2.75, 3.05) is 25.0 Å². The molecule has 1 fully saturated rings. The average Bonchev–Trinajstić information content (AvgIpc) is 3.01. The zero-order chi connectivity index (χ0) is 16.8. The lowest BCUT2D eigenvalue weighted by Crippen LogP contribution is -2.40. The van der Waals surface area contributed by atoms with Gasteiger partial charge in [-0.2, -0.15) is 0 Å². The van der Waals surface area contributed by atoms with Crippen molar-refractivity contribution in [3.05, 3.63) is 28.2 Å². The normalized spacial score (nSPS) is 16.4. The first-order valence-electron chi connectivity index (χ1n) is 7.76. The van der Waals surface area contributed by atoms with Crippen molar-refractivity contribution < 1.29 is 9.59 Å². The van der Waals surface area contributed by atoms with Crippen LogP contribution in [0, 0.1) is 0 Å². The summed E-state index contributed by atoms with van der Waals surface area (Å²) >= 11 is 12.1. The van der Waals surface area contributed by atoms with Crippen molar-refractivity contribution in [2.24, 2.45) is 0 Å². The topological polar surface area (TPSA) is 61.4 Å². The number of amides is 2. The van der Waals surface area contributed by atoms with Crippen molar-refractivity contribution in [1.29, 1.82) is 0 Å². The van der Waals surface area contributed by atoms with E-state index in [1.165, 1.54) is 0 Å². The van der Waals surface area contributed by atoms with Crippen LogP contribution in [0.4, 0.5) is 5.69 Å². The number of hydrogen-bond donors (Lipinski definition) is 2. The van der Waals surface area contributed by atoms with Gasteiger partial charge in [-0.1, -0.05) is 29.3 Å². The van der Waals surface area contributed by atoms with Gasteiger partial charge in [0.15, 0.2) is 0 Å². The number of nitrogens with zero attached hydrogens (tertiary/aromatic N) is 1. The number of carbonyl (C=O) groups is 2. The van der Waals surface area contributed by atoms with Crippen LogP contribution in [-0.2, 0) is 9.59 Å². The van der Waals surface area contributed by atoms with Gasteiger partial charge in [0.05, 0.1) is 22.3 Å². The molecule has 1 atom stereocenters. The van der Waals surface area contributed by atoms with E-state index in [0.29, 0.717) is 28.7 Å². The number of rotatable bonds is 6. The van der Waals surface area contributed by atoms with Crippen LogP contribution >= 0.6 is 35.6 Å². The van der Waals surface area contributed by atoms with E-state index < -0.39 is 0 Å². The van der Waals surface area contributed by atoms with E-state index in [0.717, 1.165) is 19.4 Å². The van der Waals surface area contributed by atoms with Gasteiger partial charge in [-0.25, -0.2) is 0 Å².